The quantitative estimate of drug-likeness (QED) is 0.656. The van der Waals surface area contributed by atoms with Crippen molar-refractivity contribution in [2.24, 2.45) is 5.73 Å². The van der Waals surface area contributed by atoms with Crippen LogP contribution in [0.4, 0.5) is 0 Å². The minimum atomic E-state index is -0.122. The molecular formula is C12H24N2O3. The number of rotatable bonds is 7. The molecule has 2 unspecified atom stereocenters. The molecule has 1 fully saturated rings. The summed E-state index contributed by atoms with van der Waals surface area (Å²) in [5.74, 6) is -0.122. The van der Waals surface area contributed by atoms with Crippen LogP contribution in [0.2, 0.25) is 0 Å². The first kappa shape index (κ1) is 14.4. The number of carbonyl (C=O) groups is 1. The maximum absolute atomic E-state index is 11.5. The topological polar surface area (TPSA) is 64.8 Å². The number of hydrogen-bond acceptors (Lipinski definition) is 5. The van der Waals surface area contributed by atoms with Gasteiger partial charge in [-0.15, -0.1) is 0 Å². The Hall–Kier alpha value is -0.650. The molecule has 0 radical (unpaired) electrons. The summed E-state index contributed by atoms with van der Waals surface area (Å²) in [5, 5.41) is 0. The average molecular weight is 244 g/mol. The van der Waals surface area contributed by atoms with E-state index in [0.29, 0.717) is 13.2 Å². The first-order valence-corrected chi connectivity index (χ1v) is 6.36. The summed E-state index contributed by atoms with van der Waals surface area (Å²) in [5.41, 5.74) is 5.63. The van der Waals surface area contributed by atoms with Crippen LogP contribution < -0.4 is 5.73 Å². The van der Waals surface area contributed by atoms with E-state index in [0.717, 1.165) is 32.4 Å². The molecule has 2 atom stereocenters. The lowest BCUT2D eigenvalue weighted by molar-refractivity contribution is -0.146. The van der Waals surface area contributed by atoms with Crippen LogP contribution in [0.1, 0.15) is 26.2 Å². The van der Waals surface area contributed by atoms with Gasteiger partial charge in [-0.05, 0) is 32.7 Å². The van der Waals surface area contributed by atoms with Crippen molar-refractivity contribution in [3.8, 4) is 0 Å². The van der Waals surface area contributed by atoms with Crippen LogP contribution in [0.15, 0.2) is 0 Å². The molecule has 0 spiro atoms. The highest BCUT2D eigenvalue weighted by Gasteiger charge is 2.31. The first-order chi connectivity index (χ1) is 8.22. The molecule has 1 aliphatic rings. The van der Waals surface area contributed by atoms with Gasteiger partial charge in [0.05, 0.1) is 13.2 Å². The molecule has 5 heteroatoms. The number of nitrogens with zero attached hydrogens (tertiary/aromatic N) is 1. The van der Waals surface area contributed by atoms with Crippen LogP contribution in [0, 0.1) is 0 Å². The van der Waals surface area contributed by atoms with E-state index in [9.17, 15) is 4.79 Å². The summed E-state index contributed by atoms with van der Waals surface area (Å²) < 4.78 is 10.3. The van der Waals surface area contributed by atoms with Crippen LogP contribution in [0.3, 0.4) is 0 Å². The van der Waals surface area contributed by atoms with Gasteiger partial charge in [0.15, 0.2) is 0 Å². The molecule has 0 aromatic heterocycles. The van der Waals surface area contributed by atoms with Gasteiger partial charge in [0.1, 0.15) is 6.04 Å². The second kappa shape index (κ2) is 7.63. The summed E-state index contributed by atoms with van der Waals surface area (Å²) in [6, 6.07) is -0.0694. The van der Waals surface area contributed by atoms with Crippen LogP contribution in [-0.2, 0) is 14.3 Å². The molecule has 1 rings (SSSR count). The van der Waals surface area contributed by atoms with Gasteiger partial charge in [-0.1, -0.05) is 0 Å². The predicted octanol–water partition coefficient (Wildman–Crippen LogP) is 0.378. The highest BCUT2D eigenvalue weighted by atomic mass is 16.5. The molecule has 0 bridgehead atoms. The Balaban J connectivity index is 2.36. The van der Waals surface area contributed by atoms with Gasteiger partial charge < -0.3 is 15.2 Å². The zero-order valence-electron chi connectivity index (χ0n) is 10.9. The third-order valence-electron chi connectivity index (χ3n) is 3.24. The lowest BCUT2D eigenvalue weighted by Crippen LogP contribution is -2.39. The molecule has 1 aliphatic heterocycles. The van der Waals surface area contributed by atoms with Crippen LogP contribution in [-0.4, -0.2) is 56.4 Å². The second-order valence-electron chi connectivity index (χ2n) is 4.32. The van der Waals surface area contributed by atoms with E-state index in [2.05, 4.69) is 4.90 Å². The van der Waals surface area contributed by atoms with Crippen molar-refractivity contribution in [3.05, 3.63) is 0 Å². The summed E-state index contributed by atoms with van der Waals surface area (Å²) >= 11 is 0. The second-order valence-corrected chi connectivity index (χ2v) is 4.32. The smallest absolute Gasteiger partial charge is 0.323 e. The fourth-order valence-electron chi connectivity index (χ4n) is 2.31. The van der Waals surface area contributed by atoms with Crippen molar-refractivity contribution in [2.75, 3.05) is 33.4 Å². The molecule has 2 N–H and O–H groups in total. The molecular weight excluding hydrogens is 220 g/mol. The first-order valence-electron chi connectivity index (χ1n) is 6.36. The molecule has 17 heavy (non-hydrogen) atoms. The van der Waals surface area contributed by atoms with Gasteiger partial charge >= 0.3 is 5.97 Å². The van der Waals surface area contributed by atoms with Gasteiger partial charge in [0.25, 0.3) is 0 Å². The number of ether oxygens (including phenoxy) is 2. The standard InChI is InChI=1S/C12H24N2O3/c1-3-17-10(9-13)6-8-14-7-4-5-11(14)12(15)16-2/h10-11H,3-9,13H2,1-2H3. The minimum Gasteiger partial charge on any atom is -0.468 e. The lowest BCUT2D eigenvalue weighted by Gasteiger charge is -2.24. The molecule has 0 aliphatic carbocycles. The highest BCUT2D eigenvalue weighted by Crippen LogP contribution is 2.19. The Bertz CT molecular complexity index is 236. The Kier molecular flexibility index (Phi) is 6.47. The number of nitrogens with two attached hydrogens (primary N) is 1. The van der Waals surface area contributed by atoms with E-state index < -0.39 is 0 Å². The largest absolute Gasteiger partial charge is 0.468 e. The number of esters is 1. The molecule has 1 heterocycles. The summed E-state index contributed by atoms with van der Waals surface area (Å²) in [7, 11) is 1.45. The van der Waals surface area contributed by atoms with Crippen molar-refractivity contribution in [2.45, 2.75) is 38.3 Å². The zero-order chi connectivity index (χ0) is 12.7. The van der Waals surface area contributed by atoms with Gasteiger partial charge in [0.2, 0.25) is 0 Å². The van der Waals surface area contributed by atoms with E-state index in [4.69, 9.17) is 15.2 Å². The third-order valence-corrected chi connectivity index (χ3v) is 3.24. The molecule has 0 amide bonds. The van der Waals surface area contributed by atoms with Crippen LogP contribution >= 0.6 is 0 Å². The summed E-state index contributed by atoms with van der Waals surface area (Å²) in [6.07, 6.45) is 2.92. The molecule has 0 aromatic carbocycles. The molecule has 0 saturated carbocycles. The van der Waals surface area contributed by atoms with E-state index in [1.807, 2.05) is 6.92 Å². The van der Waals surface area contributed by atoms with Crippen LogP contribution in [0.25, 0.3) is 0 Å². The highest BCUT2D eigenvalue weighted by molar-refractivity contribution is 5.75. The molecule has 5 nitrogen and oxygen atoms in total. The Morgan fingerprint density at radius 1 is 1.59 bits per heavy atom. The predicted molar refractivity (Wildman–Crippen MR) is 65.7 cm³/mol. The van der Waals surface area contributed by atoms with Gasteiger partial charge in [-0.25, -0.2) is 0 Å². The number of hydrogen-bond donors (Lipinski definition) is 1. The average Bonchev–Trinajstić information content (AvgIpc) is 2.81. The Labute approximate surface area is 103 Å². The van der Waals surface area contributed by atoms with Crippen molar-refractivity contribution in [1.82, 2.24) is 4.90 Å². The van der Waals surface area contributed by atoms with Crippen molar-refractivity contribution in [3.63, 3.8) is 0 Å². The minimum absolute atomic E-state index is 0.0694. The summed E-state index contributed by atoms with van der Waals surface area (Å²) in [6.45, 7) is 4.99. The number of methoxy groups -OCH3 is 1. The van der Waals surface area contributed by atoms with Gasteiger partial charge in [0, 0.05) is 19.7 Å². The number of likely N-dealkylation sites (tertiary alicyclic amines) is 1. The van der Waals surface area contributed by atoms with Gasteiger partial charge in [-0.3, -0.25) is 9.69 Å². The Morgan fingerprint density at radius 2 is 2.35 bits per heavy atom. The fraction of sp³-hybridized carbons (Fsp3) is 0.917. The maximum Gasteiger partial charge on any atom is 0.323 e. The lowest BCUT2D eigenvalue weighted by atomic mass is 10.2. The van der Waals surface area contributed by atoms with E-state index in [1.54, 1.807) is 0 Å². The Morgan fingerprint density at radius 3 is 2.94 bits per heavy atom. The van der Waals surface area contributed by atoms with Crippen molar-refractivity contribution in [1.29, 1.82) is 0 Å². The van der Waals surface area contributed by atoms with Crippen molar-refractivity contribution >= 4 is 5.97 Å². The third kappa shape index (κ3) is 4.26. The van der Waals surface area contributed by atoms with Gasteiger partial charge in [-0.2, -0.15) is 0 Å². The fourth-order valence-corrected chi connectivity index (χ4v) is 2.31. The monoisotopic (exact) mass is 244 g/mol. The van der Waals surface area contributed by atoms with Crippen LogP contribution in [0.5, 0.6) is 0 Å². The van der Waals surface area contributed by atoms with E-state index >= 15 is 0 Å². The van der Waals surface area contributed by atoms with E-state index in [-0.39, 0.29) is 18.1 Å². The zero-order valence-corrected chi connectivity index (χ0v) is 10.9. The van der Waals surface area contributed by atoms with E-state index in [1.165, 1.54) is 7.11 Å². The summed E-state index contributed by atoms with van der Waals surface area (Å²) in [4.78, 5) is 13.7. The molecule has 1 saturated heterocycles. The van der Waals surface area contributed by atoms with Crippen molar-refractivity contribution < 1.29 is 14.3 Å². The molecule has 100 valence electrons. The maximum atomic E-state index is 11.5. The molecule has 0 aromatic rings. The number of carbonyl (C=O) groups excluding carboxylic acids is 1. The SMILES string of the molecule is CCOC(CN)CCN1CCCC1C(=O)OC. The normalized spacial score (nSPS) is 22.6.